The Morgan fingerprint density at radius 1 is 1.31 bits per heavy atom. The first-order valence-corrected chi connectivity index (χ1v) is 4.75. The molecule has 1 N–H and O–H groups in total. The van der Waals surface area contributed by atoms with Gasteiger partial charge in [0, 0.05) is 32.5 Å². The highest BCUT2D eigenvalue weighted by atomic mass is 16.5. The SMILES string of the molecule is O=C1CCN(CCOCCO)CC1. The second-order valence-electron chi connectivity index (χ2n) is 3.22. The first-order valence-electron chi connectivity index (χ1n) is 4.75. The maximum atomic E-state index is 10.9. The topological polar surface area (TPSA) is 49.8 Å². The molecule has 0 aromatic heterocycles. The van der Waals surface area contributed by atoms with Crippen LogP contribution in [0.5, 0.6) is 0 Å². The van der Waals surface area contributed by atoms with E-state index in [1.54, 1.807) is 0 Å². The quantitative estimate of drug-likeness (QED) is 0.598. The van der Waals surface area contributed by atoms with Gasteiger partial charge < -0.3 is 14.7 Å². The summed E-state index contributed by atoms with van der Waals surface area (Å²) in [5.74, 6) is 0.368. The van der Waals surface area contributed by atoms with Gasteiger partial charge in [0.1, 0.15) is 5.78 Å². The maximum Gasteiger partial charge on any atom is 0.135 e. The van der Waals surface area contributed by atoms with Crippen LogP contribution < -0.4 is 0 Å². The molecule has 13 heavy (non-hydrogen) atoms. The summed E-state index contributed by atoms with van der Waals surface area (Å²) in [7, 11) is 0. The lowest BCUT2D eigenvalue weighted by atomic mass is 10.1. The fraction of sp³-hybridized carbons (Fsp3) is 0.889. The number of hydrogen-bond acceptors (Lipinski definition) is 4. The third-order valence-corrected chi connectivity index (χ3v) is 2.20. The second kappa shape index (κ2) is 6.07. The summed E-state index contributed by atoms with van der Waals surface area (Å²) in [6.07, 6.45) is 1.36. The van der Waals surface area contributed by atoms with Crippen molar-refractivity contribution in [3.63, 3.8) is 0 Å². The number of carbonyl (C=O) groups is 1. The van der Waals surface area contributed by atoms with E-state index >= 15 is 0 Å². The Hall–Kier alpha value is -0.450. The zero-order chi connectivity index (χ0) is 9.52. The Labute approximate surface area is 78.5 Å². The fourth-order valence-corrected chi connectivity index (χ4v) is 1.39. The highest BCUT2D eigenvalue weighted by Crippen LogP contribution is 2.04. The molecule has 1 rings (SSSR count). The molecule has 76 valence electrons. The second-order valence-corrected chi connectivity index (χ2v) is 3.22. The molecule has 0 aliphatic carbocycles. The summed E-state index contributed by atoms with van der Waals surface area (Å²) in [6, 6.07) is 0. The molecule has 0 bridgehead atoms. The first kappa shape index (κ1) is 10.6. The van der Waals surface area contributed by atoms with Crippen molar-refractivity contribution in [2.24, 2.45) is 0 Å². The molecule has 0 saturated carbocycles. The molecule has 1 aliphatic rings. The molecule has 0 aromatic rings. The van der Waals surface area contributed by atoms with Crippen LogP contribution in [0, 0.1) is 0 Å². The van der Waals surface area contributed by atoms with E-state index in [4.69, 9.17) is 9.84 Å². The summed E-state index contributed by atoms with van der Waals surface area (Å²) in [5, 5.41) is 8.45. The van der Waals surface area contributed by atoms with Crippen LogP contribution in [-0.4, -0.2) is 55.2 Å². The molecule has 0 radical (unpaired) electrons. The van der Waals surface area contributed by atoms with Crippen LogP contribution in [-0.2, 0) is 9.53 Å². The number of rotatable bonds is 5. The van der Waals surface area contributed by atoms with Gasteiger partial charge >= 0.3 is 0 Å². The van der Waals surface area contributed by atoms with Crippen LogP contribution >= 0.6 is 0 Å². The lowest BCUT2D eigenvalue weighted by Crippen LogP contribution is -2.36. The van der Waals surface area contributed by atoms with Gasteiger partial charge in [-0.1, -0.05) is 0 Å². The smallest absolute Gasteiger partial charge is 0.135 e. The Morgan fingerprint density at radius 3 is 2.62 bits per heavy atom. The number of nitrogens with zero attached hydrogens (tertiary/aromatic N) is 1. The average molecular weight is 187 g/mol. The van der Waals surface area contributed by atoms with Gasteiger partial charge in [-0.2, -0.15) is 0 Å². The van der Waals surface area contributed by atoms with Crippen LogP contribution in [0.1, 0.15) is 12.8 Å². The Kier molecular flexibility index (Phi) is 4.97. The van der Waals surface area contributed by atoms with Gasteiger partial charge in [-0.3, -0.25) is 4.79 Å². The summed E-state index contributed by atoms with van der Waals surface area (Å²) >= 11 is 0. The number of ether oxygens (including phenoxy) is 1. The van der Waals surface area contributed by atoms with Crippen molar-refractivity contribution >= 4 is 5.78 Å². The molecule has 4 nitrogen and oxygen atoms in total. The highest BCUT2D eigenvalue weighted by molar-refractivity contribution is 5.79. The number of piperidine rings is 1. The van der Waals surface area contributed by atoms with Gasteiger partial charge in [0.05, 0.1) is 19.8 Å². The molecular formula is C9H17NO3. The van der Waals surface area contributed by atoms with Gasteiger partial charge in [-0.25, -0.2) is 0 Å². The minimum absolute atomic E-state index is 0.0818. The van der Waals surface area contributed by atoms with Gasteiger partial charge in [0.15, 0.2) is 0 Å². The molecule has 1 fully saturated rings. The molecule has 0 atom stereocenters. The van der Waals surface area contributed by atoms with E-state index in [2.05, 4.69) is 4.90 Å². The monoisotopic (exact) mass is 187 g/mol. The molecule has 0 aromatic carbocycles. The predicted molar refractivity (Wildman–Crippen MR) is 48.6 cm³/mol. The number of likely N-dealkylation sites (tertiary alicyclic amines) is 1. The van der Waals surface area contributed by atoms with Crippen LogP contribution in [0.2, 0.25) is 0 Å². The number of aliphatic hydroxyl groups excluding tert-OH is 1. The van der Waals surface area contributed by atoms with E-state index in [1.807, 2.05) is 0 Å². The summed E-state index contributed by atoms with van der Waals surface area (Å²) in [4.78, 5) is 13.1. The van der Waals surface area contributed by atoms with Crippen LogP contribution in [0.25, 0.3) is 0 Å². The predicted octanol–water partition coefficient (Wildman–Crippen LogP) is -0.340. The molecule has 0 amide bonds. The van der Waals surface area contributed by atoms with E-state index in [0.717, 1.165) is 19.6 Å². The van der Waals surface area contributed by atoms with Crippen molar-refractivity contribution in [2.45, 2.75) is 12.8 Å². The molecule has 4 heteroatoms. The van der Waals surface area contributed by atoms with Crippen LogP contribution in [0.3, 0.4) is 0 Å². The molecule has 0 spiro atoms. The summed E-state index contributed by atoms with van der Waals surface area (Å²) in [5.41, 5.74) is 0. The number of Topliss-reactive ketones (excluding diaryl/α,β-unsaturated/α-hetero) is 1. The minimum Gasteiger partial charge on any atom is -0.394 e. The zero-order valence-corrected chi connectivity index (χ0v) is 7.87. The fourth-order valence-electron chi connectivity index (χ4n) is 1.39. The standard InChI is InChI=1S/C9H17NO3/c11-6-8-13-7-5-10-3-1-9(12)2-4-10/h11H,1-8H2. The van der Waals surface area contributed by atoms with E-state index in [9.17, 15) is 4.79 Å². The van der Waals surface area contributed by atoms with Crippen LogP contribution in [0.4, 0.5) is 0 Å². The summed E-state index contributed by atoms with van der Waals surface area (Å²) < 4.78 is 5.14. The highest BCUT2D eigenvalue weighted by Gasteiger charge is 2.14. The Balaban J connectivity index is 1.99. The summed E-state index contributed by atoms with van der Waals surface area (Å²) in [6.45, 7) is 3.73. The number of ketones is 1. The molecule has 1 aliphatic heterocycles. The van der Waals surface area contributed by atoms with Crippen molar-refractivity contribution in [1.82, 2.24) is 4.90 Å². The van der Waals surface area contributed by atoms with E-state index in [-0.39, 0.29) is 6.61 Å². The van der Waals surface area contributed by atoms with Crippen molar-refractivity contribution in [1.29, 1.82) is 0 Å². The number of hydrogen-bond donors (Lipinski definition) is 1. The number of carbonyl (C=O) groups excluding carboxylic acids is 1. The van der Waals surface area contributed by atoms with Gasteiger partial charge in [-0.15, -0.1) is 0 Å². The lowest BCUT2D eigenvalue weighted by Gasteiger charge is -2.25. The molecule has 1 saturated heterocycles. The molecule has 1 heterocycles. The van der Waals surface area contributed by atoms with Crippen molar-refractivity contribution in [3.8, 4) is 0 Å². The average Bonchev–Trinajstić information content (AvgIpc) is 2.15. The zero-order valence-electron chi connectivity index (χ0n) is 7.87. The third-order valence-electron chi connectivity index (χ3n) is 2.20. The normalized spacial score (nSPS) is 19.3. The van der Waals surface area contributed by atoms with E-state index in [1.165, 1.54) is 0 Å². The number of aliphatic hydroxyl groups is 1. The maximum absolute atomic E-state index is 10.9. The van der Waals surface area contributed by atoms with Crippen LogP contribution in [0.15, 0.2) is 0 Å². The van der Waals surface area contributed by atoms with Gasteiger partial charge in [0.2, 0.25) is 0 Å². The van der Waals surface area contributed by atoms with Gasteiger partial charge in [-0.05, 0) is 0 Å². The van der Waals surface area contributed by atoms with E-state index in [0.29, 0.717) is 31.8 Å². The lowest BCUT2D eigenvalue weighted by molar-refractivity contribution is -0.121. The first-order chi connectivity index (χ1) is 6.33. The Morgan fingerprint density at radius 2 is 2.00 bits per heavy atom. The van der Waals surface area contributed by atoms with E-state index < -0.39 is 0 Å². The van der Waals surface area contributed by atoms with Crippen molar-refractivity contribution < 1.29 is 14.6 Å². The largest absolute Gasteiger partial charge is 0.394 e. The third kappa shape index (κ3) is 4.36. The minimum atomic E-state index is 0.0818. The van der Waals surface area contributed by atoms with Crippen molar-refractivity contribution in [2.75, 3.05) is 39.5 Å². The van der Waals surface area contributed by atoms with Crippen molar-refractivity contribution in [3.05, 3.63) is 0 Å². The Bertz CT molecular complexity index is 151. The van der Waals surface area contributed by atoms with Gasteiger partial charge in [0.25, 0.3) is 0 Å². The molecular weight excluding hydrogens is 170 g/mol. The molecule has 0 unspecified atom stereocenters.